The van der Waals surface area contributed by atoms with Gasteiger partial charge in [0.2, 0.25) is 10.0 Å². The highest BCUT2D eigenvalue weighted by molar-refractivity contribution is 7.89. The van der Waals surface area contributed by atoms with Crippen molar-refractivity contribution in [3.63, 3.8) is 0 Å². The van der Waals surface area contributed by atoms with Crippen molar-refractivity contribution in [1.29, 1.82) is 0 Å². The van der Waals surface area contributed by atoms with Crippen molar-refractivity contribution in [1.82, 2.24) is 4.31 Å². The first kappa shape index (κ1) is 15.0. The van der Waals surface area contributed by atoms with Crippen molar-refractivity contribution < 1.29 is 18.3 Å². The molecule has 1 saturated heterocycles. The van der Waals surface area contributed by atoms with Crippen LogP contribution in [-0.2, 0) is 14.8 Å². The van der Waals surface area contributed by atoms with Gasteiger partial charge in [0, 0.05) is 12.6 Å². The second kappa shape index (κ2) is 5.54. The van der Waals surface area contributed by atoms with Crippen molar-refractivity contribution in [2.75, 3.05) is 6.54 Å². The van der Waals surface area contributed by atoms with Crippen molar-refractivity contribution in [2.24, 2.45) is 5.92 Å². The van der Waals surface area contributed by atoms with Crippen LogP contribution in [0.4, 0.5) is 0 Å². The Morgan fingerprint density at radius 3 is 2.70 bits per heavy atom. The van der Waals surface area contributed by atoms with E-state index < -0.39 is 28.0 Å². The first-order valence-corrected chi connectivity index (χ1v) is 8.09. The Kier molecular flexibility index (Phi) is 4.15. The molecule has 0 spiro atoms. The van der Waals surface area contributed by atoms with Crippen LogP contribution in [0.3, 0.4) is 0 Å². The fourth-order valence-corrected chi connectivity index (χ4v) is 4.50. The quantitative estimate of drug-likeness (QED) is 0.924. The number of aryl methyl sites for hydroxylation is 1. The Bertz CT molecular complexity index is 611. The zero-order valence-electron chi connectivity index (χ0n) is 11.6. The van der Waals surface area contributed by atoms with E-state index in [1.807, 2.05) is 13.0 Å². The minimum atomic E-state index is -3.63. The maximum atomic E-state index is 12.7. The third-order valence-electron chi connectivity index (χ3n) is 3.84. The van der Waals surface area contributed by atoms with E-state index in [0.717, 1.165) is 5.56 Å². The summed E-state index contributed by atoms with van der Waals surface area (Å²) in [6, 6.07) is 6.18. The van der Waals surface area contributed by atoms with Crippen molar-refractivity contribution in [3.05, 3.63) is 29.8 Å². The van der Waals surface area contributed by atoms with Crippen LogP contribution in [0.25, 0.3) is 0 Å². The van der Waals surface area contributed by atoms with Crippen LogP contribution >= 0.6 is 0 Å². The van der Waals surface area contributed by atoms with Gasteiger partial charge >= 0.3 is 5.97 Å². The van der Waals surface area contributed by atoms with Crippen LogP contribution in [0, 0.1) is 12.8 Å². The molecule has 0 amide bonds. The van der Waals surface area contributed by atoms with Gasteiger partial charge < -0.3 is 5.11 Å². The molecule has 20 heavy (non-hydrogen) atoms. The number of nitrogens with zero attached hydrogens (tertiary/aromatic N) is 1. The molecule has 1 heterocycles. The molecule has 2 rings (SSSR count). The third-order valence-corrected chi connectivity index (χ3v) is 5.83. The van der Waals surface area contributed by atoms with Crippen LogP contribution in [0.1, 0.15) is 25.3 Å². The van der Waals surface area contributed by atoms with Crippen LogP contribution < -0.4 is 0 Å². The normalized spacial score (nSPS) is 24.5. The van der Waals surface area contributed by atoms with Crippen LogP contribution in [0.5, 0.6) is 0 Å². The molecule has 0 bridgehead atoms. The predicted octanol–water partition coefficient (Wildman–Crippen LogP) is 1.87. The van der Waals surface area contributed by atoms with E-state index in [-0.39, 0.29) is 4.90 Å². The highest BCUT2D eigenvalue weighted by atomic mass is 32.2. The zero-order valence-corrected chi connectivity index (χ0v) is 12.4. The monoisotopic (exact) mass is 297 g/mol. The summed E-state index contributed by atoms with van der Waals surface area (Å²) in [4.78, 5) is 11.4. The van der Waals surface area contributed by atoms with Crippen LogP contribution in [0.15, 0.2) is 29.2 Å². The van der Waals surface area contributed by atoms with Gasteiger partial charge in [-0.1, -0.05) is 12.1 Å². The topological polar surface area (TPSA) is 74.7 Å². The van der Waals surface area contributed by atoms with E-state index in [4.69, 9.17) is 0 Å². The van der Waals surface area contributed by atoms with Gasteiger partial charge in [0.05, 0.1) is 10.8 Å². The minimum Gasteiger partial charge on any atom is -0.481 e. The number of rotatable bonds is 3. The van der Waals surface area contributed by atoms with Gasteiger partial charge in [0.25, 0.3) is 0 Å². The lowest BCUT2D eigenvalue weighted by Crippen LogP contribution is -2.48. The van der Waals surface area contributed by atoms with Gasteiger partial charge in [-0.25, -0.2) is 8.42 Å². The standard InChI is InChI=1S/C14H19NO4S/c1-10-5-3-6-12(9-10)20(18,19)15-8-4-7-13(11(15)2)14(16)17/h3,5-6,9,11,13H,4,7-8H2,1-2H3,(H,16,17)/t11-,13-/m1/s1. The molecule has 1 aromatic carbocycles. The number of hydrogen-bond donors (Lipinski definition) is 1. The molecule has 5 nitrogen and oxygen atoms in total. The Balaban J connectivity index is 2.36. The molecule has 0 radical (unpaired) electrons. The SMILES string of the molecule is Cc1cccc(S(=O)(=O)N2CCC[C@@H](C(=O)O)[C@H]2C)c1. The molecule has 6 heteroatoms. The number of carboxylic acids is 1. The smallest absolute Gasteiger partial charge is 0.308 e. The average molecular weight is 297 g/mol. The van der Waals surface area contributed by atoms with Gasteiger partial charge in [0.15, 0.2) is 0 Å². The van der Waals surface area contributed by atoms with E-state index >= 15 is 0 Å². The molecule has 110 valence electrons. The van der Waals surface area contributed by atoms with E-state index in [0.29, 0.717) is 19.4 Å². The highest BCUT2D eigenvalue weighted by Gasteiger charge is 2.39. The molecule has 1 aliphatic heterocycles. The maximum absolute atomic E-state index is 12.7. The largest absolute Gasteiger partial charge is 0.481 e. The molecule has 1 aliphatic rings. The van der Waals surface area contributed by atoms with Crippen molar-refractivity contribution in [3.8, 4) is 0 Å². The first-order chi connectivity index (χ1) is 9.34. The minimum absolute atomic E-state index is 0.232. The van der Waals surface area contributed by atoms with Gasteiger partial charge in [-0.15, -0.1) is 0 Å². The maximum Gasteiger partial charge on any atom is 0.308 e. The second-order valence-corrected chi connectivity index (χ2v) is 7.15. The molecule has 0 saturated carbocycles. The zero-order chi connectivity index (χ0) is 14.9. The number of carbonyl (C=O) groups is 1. The summed E-state index contributed by atoms with van der Waals surface area (Å²) < 4.78 is 26.6. The van der Waals surface area contributed by atoms with Gasteiger partial charge in [0.1, 0.15) is 0 Å². The van der Waals surface area contributed by atoms with Crippen LogP contribution in [-0.4, -0.2) is 36.4 Å². The fourth-order valence-electron chi connectivity index (χ4n) is 2.69. The van der Waals surface area contributed by atoms with E-state index in [2.05, 4.69) is 0 Å². The molecular formula is C14H19NO4S. The average Bonchev–Trinajstić information content (AvgIpc) is 2.38. The van der Waals surface area contributed by atoms with E-state index in [1.165, 1.54) is 4.31 Å². The summed E-state index contributed by atoms with van der Waals surface area (Å²) in [7, 11) is -3.63. The Morgan fingerprint density at radius 1 is 1.40 bits per heavy atom. The van der Waals surface area contributed by atoms with Gasteiger partial charge in [-0.2, -0.15) is 4.31 Å². The summed E-state index contributed by atoms with van der Waals surface area (Å²) in [5, 5.41) is 9.19. The summed E-state index contributed by atoms with van der Waals surface area (Å²) in [6.45, 7) is 3.88. The Labute approximate surface area is 119 Å². The molecule has 2 atom stereocenters. The van der Waals surface area contributed by atoms with E-state index in [1.54, 1.807) is 25.1 Å². The third kappa shape index (κ3) is 2.71. The van der Waals surface area contributed by atoms with Crippen molar-refractivity contribution >= 4 is 16.0 Å². The molecule has 1 aromatic rings. The summed E-state index contributed by atoms with van der Waals surface area (Å²) >= 11 is 0. The van der Waals surface area contributed by atoms with Crippen molar-refractivity contribution in [2.45, 2.75) is 37.6 Å². The molecule has 1 N–H and O–H groups in total. The molecule has 1 fully saturated rings. The van der Waals surface area contributed by atoms with Gasteiger partial charge in [-0.3, -0.25) is 4.79 Å². The summed E-state index contributed by atoms with van der Waals surface area (Å²) in [5.41, 5.74) is 0.866. The number of sulfonamides is 1. The van der Waals surface area contributed by atoms with Crippen LogP contribution in [0.2, 0.25) is 0 Å². The lowest BCUT2D eigenvalue weighted by molar-refractivity contribution is -0.144. The molecule has 0 aromatic heterocycles. The van der Waals surface area contributed by atoms with Gasteiger partial charge in [-0.05, 0) is 44.4 Å². The summed E-state index contributed by atoms with van der Waals surface area (Å²) in [5.74, 6) is -1.56. The molecular weight excluding hydrogens is 278 g/mol. The lowest BCUT2D eigenvalue weighted by Gasteiger charge is -2.36. The Hall–Kier alpha value is -1.40. The number of hydrogen-bond acceptors (Lipinski definition) is 3. The number of benzene rings is 1. The lowest BCUT2D eigenvalue weighted by atomic mass is 9.92. The Morgan fingerprint density at radius 2 is 2.10 bits per heavy atom. The van der Waals surface area contributed by atoms with E-state index in [9.17, 15) is 18.3 Å². The number of aliphatic carboxylic acids is 1. The number of carboxylic acid groups (broad SMARTS) is 1. The first-order valence-electron chi connectivity index (χ1n) is 6.65. The second-order valence-electron chi connectivity index (χ2n) is 5.26. The summed E-state index contributed by atoms with van der Waals surface area (Å²) in [6.07, 6.45) is 1.10. The number of piperidine rings is 1. The predicted molar refractivity (Wildman–Crippen MR) is 74.9 cm³/mol. The molecule has 0 unspecified atom stereocenters. The molecule has 0 aliphatic carbocycles. The highest BCUT2D eigenvalue weighted by Crippen LogP contribution is 2.29. The fraction of sp³-hybridized carbons (Fsp3) is 0.500.